The summed E-state index contributed by atoms with van der Waals surface area (Å²) in [6.45, 7) is 0.537. The Morgan fingerprint density at radius 1 is 1.45 bits per heavy atom. The van der Waals surface area contributed by atoms with Crippen LogP contribution in [0.5, 0.6) is 0 Å². The number of aromatic nitrogens is 1. The van der Waals surface area contributed by atoms with Crippen molar-refractivity contribution in [2.45, 2.75) is 0 Å². The summed E-state index contributed by atoms with van der Waals surface area (Å²) in [4.78, 5) is 3.92. The highest BCUT2D eigenvalue weighted by Crippen LogP contribution is 2.04. The van der Waals surface area contributed by atoms with Crippen molar-refractivity contribution in [1.82, 2.24) is 4.98 Å². The first-order valence-corrected chi connectivity index (χ1v) is 3.40. The van der Waals surface area contributed by atoms with E-state index in [1.165, 1.54) is 0 Å². The molecule has 0 aliphatic rings. The van der Waals surface area contributed by atoms with Gasteiger partial charge in [0.25, 0.3) is 0 Å². The minimum Gasteiger partial charge on any atom is -0.397 e. The topological polar surface area (TPSA) is 64.9 Å². The van der Waals surface area contributed by atoms with Crippen LogP contribution in [0.1, 0.15) is 5.56 Å². The zero-order chi connectivity index (χ0) is 8.10. The van der Waals surface area contributed by atoms with E-state index in [0.717, 1.165) is 5.56 Å². The number of nitrogens with two attached hydrogens (primary N) is 2. The van der Waals surface area contributed by atoms with Crippen LogP contribution in [-0.4, -0.2) is 11.5 Å². The number of pyridine rings is 1. The Balaban J connectivity index is 2.79. The maximum Gasteiger partial charge on any atom is 0.0506 e. The van der Waals surface area contributed by atoms with E-state index in [2.05, 4.69) is 4.98 Å². The molecule has 0 atom stereocenters. The lowest BCUT2D eigenvalue weighted by Crippen LogP contribution is -1.92. The van der Waals surface area contributed by atoms with Crippen LogP contribution in [0.3, 0.4) is 0 Å². The van der Waals surface area contributed by atoms with E-state index in [0.29, 0.717) is 12.2 Å². The molecule has 3 heteroatoms. The lowest BCUT2D eigenvalue weighted by molar-refractivity contribution is 1.26. The van der Waals surface area contributed by atoms with Crippen molar-refractivity contribution < 1.29 is 0 Å². The van der Waals surface area contributed by atoms with Gasteiger partial charge in [-0.2, -0.15) is 0 Å². The molecule has 0 fully saturated rings. The Kier molecular flexibility index (Phi) is 2.63. The fourth-order valence-electron chi connectivity index (χ4n) is 0.772. The van der Waals surface area contributed by atoms with E-state index in [1.807, 2.05) is 18.2 Å². The largest absolute Gasteiger partial charge is 0.397 e. The van der Waals surface area contributed by atoms with Gasteiger partial charge in [-0.05, 0) is 11.6 Å². The average molecular weight is 149 g/mol. The Bertz CT molecular complexity index is 255. The van der Waals surface area contributed by atoms with Gasteiger partial charge in [0.2, 0.25) is 0 Å². The maximum atomic E-state index is 5.50. The first-order valence-electron chi connectivity index (χ1n) is 3.40. The van der Waals surface area contributed by atoms with E-state index in [1.54, 1.807) is 12.4 Å². The number of hydrogen-bond donors (Lipinski definition) is 2. The molecule has 0 aliphatic heterocycles. The second kappa shape index (κ2) is 3.73. The third-order valence-corrected chi connectivity index (χ3v) is 1.23. The predicted molar refractivity (Wildman–Crippen MR) is 46.7 cm³/mol. The standard InChI is InChI=1S/C8H11N3/c9-3-1-2-7-4-8(10)6-11-5-7/h1-2,4-6H,3,9-10H2. The van der Waals surface area contributed by atoms with Crippen LogP contribution >= 0.6 is 0 Å². The van der Waals surface area contributed by atoms with Gasteiger partial charge in [0.05, 0.1) is 5.69 Å². The van der Waals surface area contributed by atoms with E-state index >= 15 is 0 Å². The molecule has 1 heterocycles. The highest BCUT2D eigenvalue weighted by molar-refractivity contribution is 5.53. The lowest BCUT2D eigenvalue weighted by atomic mass is 10.2. The minimum atomic E-state index is 0.537. The number of hydrogen-bond acceptors (Lipinski definition) is 3. The summed E-state index contributed by atoms with van der Waals surface area (Å²) >= 11 is 0. The van der Waals surface area contributed by atoms with Gasteiger partial charge in [-0.15, -0.1) is 0 Å². The number of anilines is 1. The molecule has 1 rings (SSSR count). The van der Waals surface area contributed by atoms with E-state index in [4.69, 9.17) is 11.5 Å². The van der Waals surface area contributed by atoms with Crippen LogP contribution in [0.2, 0.25) is 0 Å². The van der Waals surface area contributed by atoms with Crippen LogP contribution in [0.4, 0.5) is 5.69 Å². The van der Waals surface area contributed by atoms with E-state index < -0.39 is 0 Å². The second-order valence-corrected chi connectivity index (χ2v) is 2.19. The second-order valence-electron chi connectivity index (χ2n) is 2.19. The summed E-state index contributed by atoms with van der Waals surface area (Å²) in [7, 11) is 0. The predicted octanol–water partition coefficient (Wildman–Crippen LogP) is 0.636. The average Bonchev–Trinajstić information content (AvgIpc) is 2.01. The third-order valence-electron chi connectivity index (χ3n) is 1.23. The Hall–Kier alpha value is -1.35. The first kappa shape index (κ1) is 7.75. The molecule has 4 N–H and O–H groups in total. The Morgan fingerprint density at radius 2 is 2.27 bits per heavy atom. The summed E-state index contributed by atoms with van der Waals surface area (Å²) in [6, 6.07) is 1.85. The Morgan fingerprint density at radius 3 is 2.91 bits per heavy atom. The van der Waals surface area contributed by atoms with Crippen molar-refractivity contribution >= 4 is 11.8 Å². The van der Waals surface area contributed by atoms with E-state index in [-0.39, 0.29) is 0 Å². The number of nitrogens with zero attached hydrogens (tertiary/aromatic N) is 1. The first-order chi connectivity index (χ1) is 5.33. The van der Waals surface area contributed by atoms with Gasteiger partial charge >= 0.3 is 0 Å². The summed E-state index contributed by atoms with van der Waals surface area (Å²) in [5.74, 6) is 0. The van der Waals surface area contributed by atoms with Crippen LogP contribution in [0.15, 0.2) is 24.5 Å². The smallest absolute Gasteiger partial charge is 0.0506 e. The fourth-order valence-corrected chi connectivity index (χ4v) is 0.772. The fraction of sp³-hybridized carbons (Fsp3) is 0.125. The van der Waals surface area contributed by atoms with Gasteiger partial charge < -0.3 is 11.5 Å². The molecule has 3 nitrogen and oxygen atoms in total. The third kappa shape index (κ3) is 2.39. The molecule has 0 saturated carbocycles. The highest BCUT2D eigenvalue weighted by atomic mass is 14.7. The molecule has 1 aromatic heterocycles. The molecule has 0 aliphatic carbocycles. The van der Waals surface area contributed by atoms with Crippen molar-refractivity contribution in [2.75, 3.05) is 12.3 Å². The molecule has 0 aromatic carbocycles. The molecular weight excluding hydrogens is 138 g/mol. The molecular formula is C8H11N3. The quantitative estimate of drug-likeness (QED) is 0.648. The normalized spacial score (nSPS) is 10.6. The summed E-state index contributed by atoms with van der Waals surface area (Å²) in [5.41, 5.74) is 12.4. The van der Waals surface area contributed by atoms with Gasteiger partial charge in [-0.1, -0.05) is 12.2 Å². The van der Waals surface area contributed by atoms with Crippen LogP contribution < -0.4 is 11.5 Å². The summed E-state index contributed by atoms with van der Waals surface area (Å²) in [5, 5.41) is 0. The monoisotopic (exact) mass is 149 g/mol. The Labute approximate surface area is 65.7 Å². The molecule has 0 saturated heterocycles. The van der Waals surface area contributed by atoms with Gasteiger partial charge in [0.15, 0.2) is 0 Å². The summed E-state index contributed by atoms with van der Waals surface area (Å²) in [6.07, 6.45) is 7.10. The van der Waals surface area contributed by atoms with E-state index in [9.17, 15) is 0 Å². The zero-order valence-corrected chi connectivity index (χ0v) is 6.20. The van der Waals surface area contributed by atoms with Crippen LogP contribution in [0.25, 0.3) is 6.08 Å². The molecule has 0 spiro atoms. The maximum absolute atomic E-state index is 5.50. The van der Waals surface area contributed by atoms with Gasteiger partial charge in [-0.25, -0.2) is 0 Å². The molecule has 0 unspecified atom stereocenters. The zero-order valence-electron chi connectivity index (χ0n) is 6.20. The van der Waals surface area contributed by atoms with Crippen LogP contribution in [0, 0.1) is 0 Å². The molecule has 0 bridgehead atoms. The summed E-state index contributed by atoms with van der Waals surface area (Å²) < 4.78 is 0. The van der Waals surface area contributed by atoms with Crippen molar-refractivity contribution in [2.24, 2.45) is 5.73 Å². The SMILES string of the molecule is NCC=Cc1cncc(N)c1. The molecule has 1 aromatic rings. The minimum absolute atomic E-state index is 0.537. The van der Waals surface area contributed by atoms with Crippen molar-refractivity contribution in [3.8, 4) is 0 Å². The van der Waals surface area contributed by atoms with Gasteiger partial charge in [0.1, 0.15) is 0 Å². The molecule has 11 heavy (non-hydrogen) atoms. The van der Waals surface area contributed by atoms with Crippen molar-refractivity contribution in [3.05, 3.63) is 30.1 Å². The molecule has 0 amide bonds. The van der Waals surface area contributed by atoms with Crippen molar-refractivity contribution in [3.63, 3.8) is 0 Å². The van der Waals surface area contributed by atoms with Gasteiger partial charge in [0, 0.05) is 18.9 Å². The lowest BCUT2D eigenvalue weighted by Gasteiger charge is -1.93. The number of rotatable bonds is 2. The van der Waals surface area contributed by atoms with Gasteiger partial charge in [-0.3, -0.25) is 4.98 Å². The molecule has 58 valence electrons. The van der Waals surface area contributed by atoms with Crippen molar-refractivity contribution in [1.29, 1.82) is 0 Å². The highest BCUT2D eigenvalue weighted by Gasteiger charge is 1.86. The molecule has 0 radical (unpaired) electrons. The van der Waals surface area contributed by atoms with Crippen LogP contribution in [-0.2, 0) is 0 Å². The number of nitrogen functional groups attached to an aromatic ring is 1.